The van der Waals surface area contributed by atoms with Gasteiger partial charge in [0.15, 0.2) is 0 Å². The number of nitrogens with zero attached hydrogens (tertiary/aromatic N) is 3. The third-order valence-electron chi connectivity index (χ3n) is 2.70. The Morgan fingerprint density at radius 2 is 2.28 bits per heavy atom. The highest BCUT2D eigenvalue weighted by molar-refractivity contribution is 6.31. The second kappa shape index (κ2) is 5.18. The first kappa shape index (κ1) is 12.6. The molecule has 0 amide bonds. The van der Waals surface area contributed by atoms with E-state index < -0.39 is 4.92 Å². The normalized spacial score (nSPS) is 10.6. The molecule has 0 aliphatic heterocycles. The Balaban J connectivity index is 2.33. The third kappa shape index (κ3) is 2.51. The van der Waals surface area contributed by atoms with Gasteiger partial charge in [0.05, 0.1) is 11.5 Å². The van der Waals surface area contributed by atoms with E-state index in [-0.39, 0.29) is 5.69 Å². The minimum Gasteiger partial charge on any atom is -0.330 e. The molecule has 0 bridgehead atoms. The standard InChI is InChI=1S/C12H12ClN3O2/c1-2-12-14-5-6-15(12)8-9-7-10(16(17)18)3-4-11(9)13/h3-7H,2,8H2,1H3. The minimum atomic E-state index is -0.422. The van der Waals surface area contributed by atoms with E-state index in [9.17, 15) is 10.1 Å². The zero-order valence-electron chi connectivity index (χ0n) is 9.84. The molecule has 0 atom stereocenters. The van der Waals surface area contributed by atoms with Crippen molar-refractivity contribution in [2.24, 2.45) is 0 Å². The number of benzene rings is 1. The van der Waals surface area contributed by atoms with Crippen LogP contribution >= 0.6 is 11.6 Å². The van der Waals surface area contributed by atoms with Crippen LogP contribution in [0.3, 0.4) is 0 Å². The number of imidazole rings is 1. The van der Waals surface area contributed by atoms with Crippen LogP contribution in [-0.4, -0.2) is 14.5 Å². The molecule has 0 saturated heterocycles. The van der Waals surface area contributed by atoms with Crippen LogP contribution in [0.1, 0.15) is 18.3 Å². The lowest BCUT2D eigenvalue weighted by molar-refractivity contribution is -0.384. The van der Waals surface area contributed by atoms with Gasteiger partial charge in [-0.15, -0.1) is 0 Å². The van der Waals surface area contributed by atoms with Gasteiger partial charge in [-0.1, -0.05) is 18.5 Å². The first-order valence-electron chi connectivity index (χ1n) is 5.54. The number of hydrogen-bond acceptors (Lipinski definition) is 3. The number of hydrogen-bond donors (Lipinski definition) is 0. The van der Waals surface area contributed by atoms with Crippen LogP contribution in [0, 0.1) is 10.1 Å². The second-order valence-corrected chi connectivity index (χ2v) is 4.26. The average molecular weight is 266 g/mol. The van der Waals surface area contributed by atoms with Crippen LogP contribution in [0.2, 0.25) is 5.02 Å². The molecule has 0 saturated carbocycles. The molecule has 94 valence electrons. The smallest absolute Gasteiger partial charge is 0.269 e. The number of rotatable bonds is 4. The van der Waals surface area contributed by atoms with Gasteiger partial charge >= 0.3 is 0 Å². The number of non-ortho nitro benzene ring substituents is 1. The molecule has 6 heteroatoms. The summed E-state index contributed by atoms with van der Waals surface area (Å²) in [6, 6.07) is 4.46. The molecule has 0 fully saturated rings. The fourth-order valence-electron chi connectivity index (χ4n) is 1.78. The van der Waals surface area contributed by atoms with E-state index in [1.807, 2.05) is 17.7 Å². The number of halogens is 1. The van der Waals surface area contributed by atoms with Gasteiger partial charge in [-0.25, -0.2) is 4.98 Å². The van der Waals surface area contributed by atoms with Crippen molar-refractivity contribution < 1.29 is 4.92 Å². The first-order chi connectivity index (χ1) is 8.61. The molecule has 18 heavy (non-hydrogen) atoms. The summed E-state index contributed by atoms with van der Waals surface area (Å²) in [5.41, 5.74) is 0.770. The maximum absolute atomic E-state index is 10.7. The monoisotopic (exact) mass is 265 g/mol. The molecule has 2 aromatic rings. The van der Waals surface area contributed by atoms with Crippen molar-refractivity contribution in [3.8, 4) is 0 Å². The van der Waals surface area contributed by atoms with Gasteiger partial charge in [0.1, 0.15) is 5.82 Å². The maximum atomic E-state index is 10.7. The highest BCUT2D eigenvalue weighted by Gasteiger charge is 2.11. The van der Waals surface area contributed by atoms with E-state index in [4.69, 9.17) is 11.6 Å². The van der Waals surface area contributed by atoms with Crippen molar-refractivity contribution in [1.82, 2.24) is 9.55 Å². The molecule has 1 aromatic heterocycles. The van der Waals surface area contributed by atoms with Gasteiger partial charge in [0.25, 0.3) is 5.69 Å². The van der Waals surface area contributed by atoms with Crippen molar-refractivity contribution in [2.45, 2.75) is 19.9 Å². The van der Waals surface area contributed by atoms with E-state index in [0.717, 1.165) is 17.8 Å². The van der Waals surface area contributed by atoms with Crippen molar-refractivity contribution in [3.63, 3.8) is 0 Å². The Labute approximate surface area is 109 Å². The largest absolute Gasteiger partial charge is 0.330 e. The second-order valence-electron chi connectivity index (χ2n) is 3.86. The summed E-state index contributed by atoms with van der Waals surface area (Å²) in [4.78, 5) is 14.5. The zero-order valence-corrected chi connectivity index (χ0v) is 10.6. The summed E-state index contributed by atoms with van der Waals surface area (Å²) in [5, 5.41) is 11.3. The predicted octanol–water partition coefficient (Wildman–Crippen LogP) is 3.06. The van der Waals surface area contributed by atoms with Crippen molar-refractivity contribution in [3.05, 3.63) is 57.1 Å². The van der Waals surface area contributed by atoms with Gasteiger partial charge in [0, 0.05) is 36.0 Å². The Morgan fingerprint density at radius 3 is 2.94 bits per heavy atom. The van der Waals surface area contributed by atoms with Crippen LogP contribution in [0.25, 0.3) is 0 Å². The average Bonchev–Trinajstić information content (AvgIpc) is 2.79. The lowest BCUT2D eigenvalue weighted by atomic mass is 10.2. The SMILES string of the molecule is CCc1nccn1Cc1cc([N+](=O)[O-])ccc1Cl. The van der Waals surface area contributed by atoms with Crippen molar-refractivity contribution in [1.29, 1.82) is 0 Å². The zero-order chi connectivity index (χ0) is 13.1. The number of nitro benzene ring substituents is 1. The van der Waals surface area contributed by atoms with Crippen LogP contribution < -0.4 is 0 Å². The van der Waals surface area contributed by atoms with Crippen molar-refractivity contribution >= 4 is 17.3 Å². The molecule has 0 unspecified atom stereocenters. The Bertz CT molecular complexity index is 580. The third-order valence-corrected chi connectivity index (χ3v) is 3.07. The summed E-state index contributed by atoms with van der Waals surface area (Å²) in [7, 11) is 0. The summed E-state index contributed by atoms with van der Waals surface area (Å²) in [6.07, 6.45) is 4.36. The molecular weight excluding hydrogens is 254 g/mol. The molecule has 0 aliphatic carbocycles. The van der Waals surface area contributed by atoms with E-state index in [0.29, 0.717) is 11.6 Å². The van der Waals surface area contributed by atoms with Crippen LogP contribution in [0.4, 0.5) is 5.69 Å². The van der Waals surface area contributed by atoms with Crippen LogP contribution in [0.15, 0.2) is 30.6 Å². The van der Waals surface area contributed by atoms with E-state index in [1.54, 1.807) is 12.3 Å². The summed E-state index contributed by atoms with van der Waals surface area (Å²) < 4.78 is 1.94. The summed E-state index contributed by atoms with van der Waals surface area (Å²) >= 11 is 6.06. The summed E-state index contributed by atoms with van der Waals surface area (Å²) in [5.74, 6) is 0.928. The highest BCUT2D eigenvalue weighted by atomic mass is 35.5. The van der Waals surface area contributed by atoms with Gasteiger partial charge in [-0.2, -0.15) is 0 Å². The fourth-order valence-corrected chi connectivity index (χ4v) is 1.96. The predicted molar refractivity (Wildman–Crippen MR) is 68.8 cm³/mol. The number of nitro groups is 1. The molecule has 1 heterocycles. The topological polar surface area (TPSA) is 61.0 Å². The molecule has 0 N–H and O–H groups in total. The molecule has 0 spiro atoms. The van der Waals surface area contributed by atoms with Crippen LogP contribution in [0.5, 0.6) is 0 Å². The quantitative estimate of drug-likeness (QED) is 0.630. The Morgan fingerprint density at radius 1 is 1.50 bits per heavy atom. The van der Waals surface area contributed by atoms with E-state index >= 15 is 0 Å². The van der Waals surface area contributed by atoms with Crippen molar-refractivity contribution in [2.75, 3.05) is 0 Å². The van der Waals surface area contributed by atoms with Gasteiger partial charge < -0.3 is 4.57 Å². The lowest BCUT2D eigenvalue weighted by Crippen LogP contribution is -2.04. The van der Waals surface area contributed by atoms with Crippen LogP contribution in [-0.2, 0) is 13.0 Å². The Hall–Kier alpha value is -1.88. The van der Waals surface area contributed by atoms with Gasteiger partial charge in [-0.05, 0) is 11.6 Å². The first-order valence-corrected chi connectivity index (χ1v) is 5.92. The Kier molecular flexibility index (Phi) is 3.62. The molecular formula is C12H12ClN3O2. The number of aryl methyl sites for hydroxylation is 1. The molecule has 2 rings (SSSR count). The lowest BCUT2D eigenvalue weighted by Gasteiger charge is -2.08. The molecule has 0 aliphatic rings. The number of aromatic nitrogens is 2. The molecule has 1 aromatic carbocycles. The maximum Gasteiger partial charge on any atom is 0.269 e. The minimum absolute atomic E-state index is 0.0487. The van der Waals surface area contributed by atoms with Gasteiger partial charge in [-0.3, -0.25) is 10.1 Å². The highest BCUT2D eigenvalue weighted by Crippen LogP contribution is 2.23. The molecule has 0 radical (unpaired) electrons. The van der Waals surface area contributed by atoms with E-state index in [2.05, 4.69) is 4.98 Å². The summed E-state index contributed by atoms with van der Waals surface area (Å²) in [6.45, 7) is 2.50. The van der Waals surface area contributed by atoms with Gasteiger partial charge in [0.2, 0.25) is 0 Å². The van der Waals surface area contributed by atoms with E-state index in [1.165, 1.54) is 12.1 Å². The molecule has 5 nitrogen and oxygen atoms in total. The fraction of sp³-hybridized carbons (Fsp3) is 0.250.